The summed E-state index contributed by atoms with van der Waals surface area (Å²) in [6.45, 7) is 0. The van der Waals surface area contributed by atoms with Crippen molar-refractivity contribution in [2.45, 2.75) is 6.29 Å². The van der Waals surface area contributed by atoms with Crippen LogP contribution in [-0.4, -0.2) is 17.5 Å². The Balaban J connectivity index is 0. The molecule has 0 saturated carbocycles. The first-order valence-corrected chi connectivity index (χ1v) is 3.81. The molecule has 1 rings (SSSR count). The molecule has 0 heterocycles. The van der Waals surface area contributed by atoms with Crippen LogP contribution < -0.4 is 5.39 Å². The van der Waals surface area contributed by atoms with Gasteiger partial charge in [0.2, 0.25) is 5.39 Å². The van der Waals surface area contributed by atoms with Crippen molar-refractivity contribution in [3.05, 3.63) is 35.9 Å². The fraction of sp³-hybridized carbons (Fsp3) is 0.143. The van der Waals surface area contributed by atoms with Crippen molar-refractivity contribution >= 4 is 7.25 Å². The molecule has 0 atom stereocenters. The summed E-state index contributed by atoms with van der Waals surface area (Å²) in [4.78, 5) is 0. The molecule has 16 heavy (non-hydrogen) atoms. The van der Waals surface area contributed by atoms with Gasteiger partial charge in [0.1, 0.15) is 0 Å². The lowest BCUT2D eigenvalue weighted by molar-refractivity contribution is -0.175. The second-order valence-electron chi connectivity index (χ2n) is 2.28. The van der Waals surface area contributed by atoms with Gasteiger partial charge in [0, 0.05) is 5.56 Å². The van der Waals surface area contributed by atoms with E-state index >= 15 is 0 Å². The second kappa shape index (κ2) is 8.64. The fourth-order valence-electron chi connectivity index (χ4n) is 0.625. The summed E-state index contributed by atoms with van der Waals surface area (Å²) in [6.07, 6.45) is -1.34. The van der Waals surface area contributed by atoms with Crippen LogP contribution in [0.3, 0.4) is 0 Å². The highest BCUT2D eigenvalue weighted by molar-refractivity contribution is 6.50. The van der Waals surface area contributed by atoms with Crippen molar-refractivity contribution in [3.8, 4) is 0 Å². The van der Waals surface area contributed by atoms with Crippen LogP contribution in [-0.2, 0) is 0 Å². The quantitative estimate of drug-likeness (QED) is 0.284. The van der Waals surface area contributed by atoms with E-state index in [-0.39, 0.29) is 0 Å². The van der Waals surface area contributed by atoms with Crippen LogP contribution in [0.2, 0.25) is 0 Å². The van der Waals surface area contributed by atoms with Crippen LogP contribution in [0, 0.1) is 5.39 Å². The van der Waals surface area contributed by atoms with Crippen LogP contribution in [0.25, 0.3) is 0 Å². The molecule has 90 valence electrons. The van der Waals surface area contributed by atoms with E-state index in [1.165, 1.54) is 0 Å². The van der Waals surface area contributed by atoms with Crippen molar-refractivity contribution in [1.82, 2.24) is 0 Å². The average molecular weight is 240 g/mol. The van der Waals surface area contributed by atoms with E-state index in [2.05, 4.69) is 0 Å². The normalized spacial score (nSPS) is 9.56. The first kappa shape index (κ1) is 16.8. The van der Waals surface area contributed by atoms with Crippen LogP contribution >= 0.6 is 0 Å². The van der Waals surface area contributed by atoms with Crippen molar-refractivity contribution in [2.24, 2.45) is 0 Å². The number of hydrogen-bond acceptors (Lipinski definition) is 3. The van der Waals surface area contributed by atoms with E-state index in [1.54, 1.807) is 24.3 Å². The first-order valence-electron chi connectivity index (χ1n) is 3.81. The summed E-state index contributed by atoms with van der Waals surface area (Å²) in [7, 11) is -6.00. The Bertz CT molecular complexity index is 285. The first-order chi connectivity index (χ1) is 7.30. The molecule has 0 unspecified atom stereocenters. The van der Waals surface area contributed by atoms with Crippen molar-refractivity contribution in [1.29, 1.82) is 5.39 Å². The van der Waals surface area contributed by atoms with E-state index in [1.807, 2.05) is 6.07 Å². The van der Waals surface area contributed by atoms with Gasteiger partial charge >= 0.3 is 7.25 Å². The Hall–Kier alpha value is -1.66. The summed E-state index contributed by atoms with van der Waals surface area (Å²) in [5.74, 6) is 0. The summed E-state index contributed by atoms with van der Waals surface area (Å²) in [5.41, 5.74) is 0.525. The number of nitrogens with one attached hydrogen (secondary N) is 1. The van der Waals surface area contributed by atoms with Gasteiger partial charge in [0.05, 0.1) is 5.39 Å². The molecule has 3 N–H and O–H groups in total. The summed E-state index contributed by atoms with van der Waals surface area (Å²) in [6, 6.07) is 8.66. The van der Waals surface area contributed by atoms with Gasteiger partial charge in [-0.25, -0.2) is 0 Å². The molecule has 0 aromatic heterocycles. The Labute approximate surface area is 88.7 Å². The number of halogens is 4. The molecule has 0 fully saturated rings. The van der Waals surface area contributed by atoms with E-state index in [9.17, 15) is 17.3 Å². The zero-order valence-electron chi connectivity index (χ0n) is 7.89. The Morgan fingerprint density at radius 3 is 1.50 bits per heavy atom. The topological polar surface area (TPSA) is 88.1 Å². The fourth-order valence-corrected chi connectivity index (χ4v) is 0.625. The number of benzene rings is 1. The zero-order valence-corrected chi connectivity index (χ0v) is 7.89. The maximum absolute atomic E-state index is 9.75. The summed E-state index contributed by atoms with van der Waals surface area (Å²) >= 11 is 0. The highest BCUT2D eigenvalue weighted by atomic mass is 19.5. The minimum Gasteiger partial charge on any atom is -0.418 e. The lowest BCUT2D eigenvalue weighted by atomic mass is 10.2. The van der Waals surface area contributed by atoms with Crippen molar-refractivity contribution < 1.29 is 32.9 Å². The maximum Gasteiger partial charge on any atom is 0.673 e. The van der Waals surface area contributed by atoms with Crippen LogP contribution in [0.5, 0.6) is 0 Å². The predicted molar refractivity (Wildman–Crippen MR) is 46.5 cm³/mol. The van der Waals surface area contributed by atoms with Crippen LogP contribution in [0.1, 0.15) is 11.9 Å². The SMILES string of the molecule is F[B-](F)(F)F.N#[NH+].OC(O)c1ccccc1. The summed E-state index contributed by atoms with van der Waals surface area (Å²) < 4.78 is 39.0. The van der Waals surface area contributed by atoms with Gasteiger partial charge in [-0.2, -0.15) is 0 Å². The van der Waals surface area contributed by atoms with Gasteiger partial charge in [-0.1, -0.05) is 30.3 Å². The van der Waals surface area contributed by atoms with Gasteiger partial charge < -0.3 is 27.5 Å². The molecule has 0 bridgehead atoms. The molecule has 4 nitrogen and oxygen atoms in total. The Kier molecular flexibility index (Phi) is 9.05. The van der Waals surface area contributed by atoms with Crippen LogP contribution in [0.4, 0.5) is 17.3 Å². The molecule has 0 aliphatic carbocycles. The molecule has 1 aromatic carbocycles. The van der Waals surface area contributed by atoms with Gasteiger partial charge in [-0.3, -0.25) is 0 Å². The lowest BCUT2D eigenvalue weighted by Gasteiger charge is -1.99. The summed E-state index contributed by atoms with van der Waals surface area (Å²) in [5, 5.41) is 28.2. The van der Waals surface area contributed by atoms with E-state index in [0.717, 1.165) is 0 Å². The average Bonchev–Trinajstić information content (AvgIpc) is 2.20. The van der Waals surface area contributed by atoms with Crippen molar-refractivity contribution in [2.75, 3.05) is 0 Å². The molecule has 1 aromatic rings. The van der Waals surface area contributed by atoms with E-state index in [0.29, 0.717) is 5.56 Å². The monoisotopic (exact) mass is 240 g/mol. The van der Waals surface area contributed by atoms with Crippen LogP contribution in [0.15, 0.2) is 30.3 Å². The van der Waals surface area contributed by atoms with Gasteiger partial charge in [0.15, 0.2) is 6.29 Å². The van der Waals surface area contributed by atoms with E-state index in [4.69, 9.17) is 21.0 Å². The predicted octanol–water partition coefficient (Wildman–Crippen LogP) is 0.249. The molecule has 9 heteroatoms. The number of aliphatic hydroxyl groups excluding tert-OH is 1. The third-order valence-corrected chi connectivity index (χ3v) is 1.10. The molecule has 0 saturated heterocycles. The molecule has 0 aliphatic heterocycles. The third-order valence-electron chi connectivity index (χ3n) is 1.10. The second-order valence-corrected chi connectivity index (χ2v) is 2.28. The largest absolute Gasteiger partial charge is 0.673 e. The number of diazo groups is 1. The molecule has 0 spiro atoms. The minimum absolute atomic E-state index is 0.525. The zero-order chi connectivity index (χ0) is 13.2. The standard InChI is InChI=1S/C7H8O2.BF4.N2/c8-7(9)6-4-2-1-3-5-6;2-1(3,4)5;1-2/h1-5,7-9H;;/q;-1;/p+1. The van der Waals surface area contributed by atoms with Crippen molar-refractivity contribution in [3.63, 3.8) is 0 Å². The Morgan fingerprint density at radius 1 is 1.00 bits per heavy atom. The number of nitrogens with zero attached hydrogens (tertiary/aromatic N) is 1. The maximum atomic E-state index is 9.75. The van der Waals surface area contributed by atoms with E-state index < -0.39 is 13.5 Å². The highest BCUT2D eigenvalue weighted by Gasteiger charge is 2.20. The third kappa shape index (κ3) is 14.8. The molecule has 0 aliphatic rings. The Morgan fingerprint density at radius 2 is 1.31 bits per heavy atom. The lowest BCUT2D eigenvalue weighted by Crippen LogP contribution is -2.11. The smallest absolute Gasteiger partial charge is 0.418 e. The molecule has 0 radical (unpaired) electrons. The molecular weight excluding hydrogens is 231 g/mol. The van der Waals surface area contributed by atoms with Gasteiger partial charge in [-0.15, -0.1) is 0 Å². The van der Waals surface area contributed by atoms with Gasteiger partial charge in [0.25, 0.3) is 0 Å². The number of aliphatic hydroxyl groups is 2. The number of rotatable bonds is 1. The highest BCUT2D eigenvalue weighted by Crippen LogP contribution is 2.07. The van der Waals surface area contributed by atoms with Gasteiger partial charge in [-0.05, 0) is 0 Å². The molecule has 0 amide bonds. The molecular formula is C7H9BF4N2O2. The minimum atomic E-state index is -6.00. The number of hydrogen-bond donors (Lipinski definition) is 3.